The fourth-order valence-electron chi connectivity index (χ4n) is 1.38. The number of hydrogen-bond donors (Lipinski definition) is 1. The van der Waals surface area contributed by atoms with Gasteiger partial charge in [0.2, 0.25) is 5.88 Å². The number of nitrogens with zero attached hydrogens (tertiary/aromatic N) is 1. The molecule has 0 aliphatic carbocycles. The molecule has 4 nitrogen and oxygen atoms in total. The van der Waals surface area contributed by atoms with E-state index in [9.17, 15) is 4.79 Å². The van der Waals surface area contributed by atoms with Crippen molar-refractivity contribution in [1.29, 1.82) is 0 Å². The van der Waals surface area contributed by atoms with E-state index in [4.69, 9.17) is 16.3 Å². The minimum atomic E-state index is -0.415. The summed E-state index contributed by atoms with van der Waals surface area (Å²) in [6.45, 7) is 3.92. The van der Waals surface area contributed by atoms with Crippen LogP contribution in [0.4, 0.5) is 0 Å². The van der Waals surface area contributed by atoms with Crippen LogP contribution >= 0.6 is 11.6 Å². The summed E-state index contributed by atoms with van der Waals surface area (Å²) in [6, 6.07) is 5.66. The summed E-state index contributed by atoms with van der Waals surface area (Å²) in [7, 11) is 0. The van der Waals surface area contributed by atoms with Crippen LogP contribution in [0.3, 0.4) is 0 Å². The van der Waals surface area contributed by atoms with Gasteiger partial charge >= 0.3 is 0 Å². The Morgan fingerprint density at radius 2 is 2.12 bits per heavy atom. The molecule has 0 aliphatic rings. The van der Waals surface area contributed by atoms with E-state index in [2.05, 4.69) is 9.97 Å². The SMILES string of the molecule is Cc1cccc(Oc2nc[nH]c(=O)c2Cl)c1C. The fraction of sp³-hybridized carbons (Fsp3) is 0.167. The molecule has 2 rings (SSSR count). The van der Waals surface area contributed by atoms with E-state index in [1.165, 1.54) is 6.33 Å². The number of nitrogens with one attached hydrogen (secondary N) is 1. The Morgan fingerprint density at radius 1 is 1.35 bits per heavy atom. The maximum atomic E-state index is 11.3. The molecule has 0 fully saturated rings. The molecule has 0 aliphatic heterocycles. The molecule has 0 radical (unpaired) electrons. The zero-order chi connectivity index (χ0) is 12.4. The predicted molar refractivity (Wildman–Crippen MR) is 65.9 cm³/mol. The summed E-state index contributed by atoms with van der Waals surface area (Å²) in [6.07, 6.45) is 1.26. The molecule has 1 aromatic heterocycles. The van der Waals surface area contributed by atoms with E-state index in [1.54, 1.807) is 0 Å². The zero-order valence-electron chi connectivity index (χ0n) is 9.45. The highest BCUT2D eigenvalue weighted by Gasteiger charge is 2.10. The first-order chi connectivity index (χ1) is 8.09. The highest BCUT2D eigenvalue weighted by molar-refractivity contribution is 6.31. The van der Waals surface area contributed by atoms with Crippen LogP contribution in [-0.4, -0.2) is 9.97 Å². The highest BCUT2D eigenvalue weighted by atomic mass is 35.5. The van der Waals surface area contributed by atoms with Crippen molar-refractivity contribution < 1.29 is 4.74 Å². The Labute approximate surface area is 103 Å². The fourth-order valence-corrected chi connectivity index (χ4v) is 1.52. The summed E-state index contributed by atoms with van der Waals surface area (Å²) in [5, 5.41) is -0.0478. The maximum absolute atomic E-state index is 11.3. The standard InChI is InChI=1S/C12H11ClN2O2/c1-7-4-3-5-9(8(7)2)17-12-10(13)11(16)14-6-15-12/h3-6H,1-2H3,(H,14,15,16). The van der Waals surface area contributed by atoms with Gasteiger partial charge < -0.3 is 9.72 Å². The van der Waals surface area contributed by atoms with Crippen LogP contribution in [0.2, 0.25) is 5.02 Å². The maximum Gasteiger partial charge on any atom is 0.273 e. The van der Waals surface area contributed by atoms with Gasteiger partial charge in [0.1, 0.15) is 5.75 Å². The van der Waals surface area contributed by atoms with Crippen molar-refractivity contribution in [2.24, 2.45) is 0 Å². The van der Waals surface area contributed by atoms with Crippen LogP contribution in [0.15, 0.2) is 29.3 Å². The summed E-state index contributed by atoms with van der Waals surface area (Å²) in [5.41, 5.74) is 1.68. The number of rotatable bonds is 2. The summed E-state index contributed by atoms with van der Waals surface area (Å²) >= 11 is 5.80. The third-order valence-electron chi connectivity index (χ3n) is 2.53. The first-order valence-electron chi connectivity index (χ1n) is 5.07. The number of aryl methyl sites for hydroxylation is 1. The topological polar surface area (TPSA) is 55.0 Å². The van der Waals surface area contributed by atoms with Crippen LogP contribution < -0.4 is 10.3 Å². The molecule has 88 valence electrons. The van der Waals surface area contributed by atoms with E-state index in [1.807, 2.05) is 32.0 Å². The molecule has 2 aromatic rings. The van der Waals surface area contributed by atoms with Crippen molar-refractivity contribution in [1.82, 2.24) is 9.97 Å². The van der Waals surface area contributed by atoms with Gasteiger partial charge in [-0.1, -0.05) is 23.7 Å². The molecule has 17 heavy (non-hydrogen) atoms. The van der Waals surface area contributed by atoms with E-state index < -0.39 is 5.56 Å². The first-order valence-corrected chi connectivity index (χ1v) is 5.44. The molecule has 0 saturated heterocycles. The average Bonchev–Trinajstić information content (AvgIpc) is 2.31. The van der Waals surface area contributed by atoms with Crippen molar-refractivity contribution in [2.45, 2.75) is 13.8 Å². The Kier molecular flexibility index (Phi) is 3.15. The molecule has 0 amide bonds. The first kappa shape index (κ1) is 11.7. The second-order valence-corrected chi connectivity index (χ2v) is 4.03. The van der Waals surface area contributed by atoms with Gasteiger partial charge in [-0.3, -0.25) is 4.79 Å². The summed E-state index contributed by atoms with van der Waals surface area (Å²) < 4.78 is 5.54. The lowest BCUT2D eigenvalue weighted by atomic mass is 10.1. The largest absolute Gasteiger partial charge is 0.437 e. The van der Waals surface area contributed by atoms with Crippen LogP contribution in [0.25, 0.3) is 0 Å². The van der Waals surface area contributed by atoms with Gasteiger partial charge in [0.05, 0.1) is 6.33 Å². The van der Waals surface area contributed by atoms with Gasteiger partial charge in [0, 0.05) is 0 Å². The molecule has 1 N–H and O–H groups in total. The lowest BCUT2D eigenvalue weighted by Gasteiger charge is -2.09. The molecule has 0 saturated carbocycles. The number of ether oxygens (including phenoxy) is 1. The van der Waals surface area contributed by atoms with Gasteiger partial charge in [0.25, 0.3) is 5.56 Å². The monoisotopic (exact) mass is 250 g/mol. The Bertz CT molecular complexity index is 608. The number of aromatic amines is 1. The van der Waals surface area contributed by atoms with Gasteiger partial charge in [-0.25, -0.2) is 4.98 Å². The average molecular weight is 251 g/mol. The normalized spacial score (nSPS) is 10.3. The number of halogens is 1. The lowest BCUT2D eigenvalue weighted by molar-refractivity contribution is 0.457. The minimum absolute atomic E-state index is 0.0478. The summed E-state index contributed by atoms with van der Waals surface area (Å²) in [4.78, 5) is 17.5. The van der Waals surface area contributed by atoms with Gasteiger partial charge in [-0.2, -0.15) is 0 Å². The highest BCUT2D eigenvalue weighted by Crippen LogP contribution is 2.27. The Morgan fingerprint density at radius 3 is 2.88 bits per heavy atom. The van der Waals surface area contributed by atoms with E-state index >= 15 is 0 Å². The van der Waals surface area contributed by atoms with Crippen molar-refractivity contribution in [3.63, 3.8) is 0 Å². The molecule has 1 aromatic carbocycles. The van der Waals surface area contributed by atoms with Gasteiger partial charge in [-0.15, -0.1) is 0 Å². The van der Waals surface area contributed by atoms with Crippen molar-refractivity contribution in [3.05, 3.63) is 51.0 Å². The van der Waals surface area contributed by atoms with Gasteiger partial charge in [-0.05, 0) is 31.0 Å². The molecule has 0 spiro atoms. The molecule has 1 heterocycles. The van der Waals surface area contributed by atoms with Crippen molar-refractivity contribution >= 4 is 11.6 Å². The van der Waals surface area contributed by atoms with Crippen LogP contribution in [0.1, 0.15) is 11.1 Å². The molecular formula is C12H11ClN2O2. The van der Waals surface area contributed by atoms with Crippen molar-refractivity contribution in [2.75, 3.05) is 0 Å². The molecule has 5 heteroatoms. The lowest BCUT2D eigenvalue weighted by Crippen LogP contribution is -2.08. The molecule has 0 bridgehead atoms. The summed E-state index contributed by atoms with van der Waals surface area (Å²) in [5.74, 6) is 0.758. The predicted octanol–water partition coefficient (Wildman–Crippen LogP) is 2.83. The number of benzene rings is 1. The molecule has 0 atom stereocenters. The molecule has 0 unspecified atom stereocenters. The Balaban J connectivity index is 2.42. The number of hydrogen-bond acceptors (Lipinski definition) is 3. The van der Waals surface area contributed by atoms with E-state index in [-0.39, 0.29) is 10.9 Å². The number of aromatic nitrogens is 2. The van der Waals surface area contributed by atoms with Crippen LogP contribution in [0, 0.1) is 13.8 Å². The van der Waals surface area contributed by atoms with E-state index in [0.717, 1.165) is 11.1 Å². The zero-order valence-corrected chi connectivity index (χ0v) is 10.2. The van der Waals surface area contributed by atoms with Crippen molar-refractivity contribution in [3.8, 4) is 11.6 Å². The second-order valence-electron chi connectivity index (χ2n) is 3.65. The van der Waals surface area contributed by atoms with Gasteiger partial charge in [0.15, 0.2) is 5.02 Å². The third-order valence-corrected chi connectivity index (χ3v) is 2.86. The third kappa shape index (κ3) is 2.31. The molecular weight excluding hydrogens is 240 g/mol. The quantitative estimate of drug-likeness (QED) is 0.892. The van der Waals surface area contributed by atoms with Crippen LogP contribution in [0.5, 0.6) is 11.6 Å². The van der Waals surface area contributed by atoms with Crippen LogP contribution in [-0.2, 0) is 0 Å². The minimum Gasteiger partial charge on any atom is -0.437 e. The van der Waals surface area contributed by atoms with E-state index in [0.29, 0.717) is 5.75 Å². The number of H-pyrrole nitrogens is 1. The second kappa shape index (κ2) is 4.59. The Hall–Kier alpha value is -1.81. The smallest absolute Gasteiger partial charge is 0.273 e.